The molecule has 26 heavy (non-hydrogen) atoms. The Bertz CT molecular complexity index is 909. The monoisotopic (exact) mass is 370 g/mol. The minimum atomic E-state index is -0.434. The number of benzene rings is 2. The lowest BCUT2D eigenvalue weighted by atomic mass is 10.1. The molecule has 0 saturated heterocycles. The lowest BCUT2D eigenvalue weighted by Crippen LogP contribution is -2.10. The number of thioether (sulfide) groups is 1. The quantitative estimate of drug-likeness (QED) is 0.620. The van der Waals surface area contributed by atoms with Gasteiger partial charge in [-0.05, 0) is 29.8 Å². The molecule has 0 spiro atoms. The molecule has 134 valence electrons. The third kappa shape index (κ3) is 3.97. The van der Waals surface area contributed by atoms with Gasteiger partial charge in [0.25, 0.3) is 0 Å². The molecule has 0 aliphatic carbocycles. The van der Waals surface area contributed by atoms with Crippen molar-refractivity contribution in [2.45, 2.75) is 10.9 Å². The smallest absolute Gasteiger partial charge is 0.248 e. The fourth-order valence-corrected chi connectivity index (χ4v) is 3.09. The Balaban J connectivity index is 1.71. The van der Waals surface area contributed by atoms with E-state index in [1.807, 2.05) is 24.3 Å². The van der Waals surface area contributed by atoms with Crippen molar-refractivity contribution in [3.8, 4) is 22.9 Å². The van der Waals surface area contributed by atoms with Crippen molar-refractivity contribution >= 4 is 17.7 Å². The lowest BCUT2D eigenvalue weighted by molar-refractivity contribution is 0.100. The zero-order valence-corrected chi connectivity index (χ0v) is 15.2. The number of H-pyrrole nitrogens is 1. The molecule has 0 radical (unpaired) electrons. The molecule has 3 rings (SSSR count). The van der Waals surface area contributed by atoms with Gasteiger partial charge in [0.15, 0.2) is 5.82 Å². The number of methoxy groups -OCH3 is 2. The molecule has 1 heterocycles. The lowest BCUT2D eigenvalue weighted by Gasteiger charge is -2.07. The summed E-state index contributed by atoms with van der Waals surface area (Å²) in [6, 6.07) is 12.7. The maximum atomic E-state index is 11.1. The predicted octanol–water partition coefficient (Wildman–Crippen LogP) is 2.88. The maximum Gasteiger partial charge on any atom is 0.248 e. The highest BCUT2D eigenvalue weighted by Gasteiger charge is 2.12. The van der Waals surface area contributed by atoms with Gasteiger partial charge in [-0.25, -0.2) is 4.98 Å². The first kappa shape index (κ1) is 17.8. The third-order valence-electron chi connectivity index (χ3n) is 3.74. The number of primary amides is 1. The van der Waals surface area contributed by atoms with Crippen LogP contribution in [0.1, 0.15) is 15.9 Å². The van der Waals surface area contributed by atoms with E-state index < -0.39 is 5.91 Å². The molecule has 0 atom stereocenters. The molecule has 2 aromatic carbocycles. The number of hydrogen-bond donors (Lipinski definition) is 2. The van der Waals surface area contributed by atoms with Crippen molar-refractivity contribution < 1.29 is 14.3 Å². The van der Waals surface area contributed by atoms with Gasteiger partial charge in [0.2, 0.25) is 11.1 Å². The normalized spacial score (nSPS) is 10.5. The molecule has 1 amide bonds. The average Bonchev–Trinajstić information content (AvgIpc) is 3.15. The van der Waals surface area contributed by atoms with Crippen molar-refractivity contribution in [1.82, 2.24) is 15.2 Å². The van der Waals surface area contributed by atoms with E-state index in [1.165, 1.54) is 11.8 Å². The van der Waals surface area contributed by atoms with Crippen LogP contribution >= 0.6 is 11.8 Å². The van der Waals surface area contributed by atoms with Crippen LogP contribution in [0.3, 0.4) is 0 Å². The molecule has 0 aliphatic rings. The van der Waals surface area contributed by atoms with Crippen LogP contribution in [-0.4, -0.2) is 35.3 Å². The molecule has 0 aliphatic heterocycles. The number of nitrogens with two attached hydrogens (primary N) is 1. The number of aromatic nitrogens is 3. The Hall–Kier alpha value is -3.00. The largest absolute Gasteiger partial charge is 0.497 e. The van der Waals surface area contributed by atoms with Crippen molar-refractivity contribution in [2.24, 2.45) is 5.73 Å². The first-order valence-corrected chi connectivity index (χ1v) is 8.75. The highest BCUT2D eigenvalue weighted by molar-refractivity contribution is 7.98. The van der Waals surface area contributed by atoms with E-state index in [0.717, 1.165) is 11.1 Å². The molecule has 7 nitrogen and oxygen atoms in total. The second-order valence-electron chi connectivity index (χ2n) is 5.38. The number of amides is 1. The summed E-state index contributed by atoms with van der Waals surface area (Å²) in [5.41, 5.74) is 7.59. The number of nitrogens with one attached hydrogen (secondary N) is 1. The summed E-state index contributed by atoms with van der Waals surface area (Å²) in [5, 5.41) is 7.79. The van der Waals surface area contributed by atoms with E-state index >= 15 is 0 Å². The second kappa shape index (κ2) is 7.92. The van der Waals surface area contributed by atoms with Crippen LogP contribution in [0.4, 0.5) is 0 Å². The first-order valence-electron chi connectivity index (χ1n) is 7.77. The standard InChI is InChI=1S/C18H18N4O3S/c1-24-13-7-8-14(15(9-13)25-2)17-20-18(22-21-17)26-10-11-3-5-12(6-4-11)16(19)23/h3-9H,10H2,1-2H3,(H2,19,23)(H,20,21,22). The van der Waals surface area contributed by atoms with Crippen LogP contribution in [0.2, 0.25) is 0 Å². The topological polar surface area (TPSA) is 103 Å². The van der Waals surface area contributed by atoms with Gasteiger partial charge in [-0.3, -0.25) is 9.89 Å². The number of ether oxygens (including phenoxy) is 2. The molecule has 3 aromatic rings. The summed E-state index contributed by atoms with van der Waals surface area (Å²) in [6.07, 6.45) is 0. The fraction of sp³-hybridized carbons (Fsp3) is 0.167. The molecule has 0 fully saturated rings. The van der Waals surface area contributed by atoms with E-state index in [9.17, 15) is 4.79 Å². The molecule has 1 aromatic heterocycles. The van der Waals surface area contributed by atoms with Gasteiger partial charge in [0, 0.05) is 17.4 Å². The number of aromatic amines is 1. The number of rotatable bonds is 7. The molecule has 0 bridgehead atoms. The van der Waals surface area contributed by atoms with Crippen LogP contribution in [0.25, 0.3) is 11.4 Å². The van der Waals surface area contributed by atoms with Crippen LogP contribution in [0.15, 0.2) is 47.6 Å². The summed E-state index contributed by atoms with van der Waals surface area (Å²) >= 11 is 1.49. The van der Waals surface area contributed by atoms with Crippen LogP contribution in [-0.2, 0) is 5.75 Å². The molecule has 8 heteroatoms. The molecular weight excluding hydrogens is 352 g/mol. The second-order valence-corrected chi connectivity index (χ2v) is 6.33. The van der Waals surface area contributed by atoms with Crippen LogP contribution in [0.5, 0.6) is 11.5 Å². The van der Waals surface area contributed by atoms with E-state index in [0.29, 0.717) is 33.8 Å². The summed E-state index contributed by atoms with van der Waals surface area (Å²) in [5.74, 6) is 2.22. The van der Waals surface area contributed by atoms with E-state index in [4.69, 9.17) is 15.2 Å². The van der Waals surface area contributed by atoms with Crippen LogP contribution < -0.4 is 15.2 Å². The summed E-state index contributed by atoms with van der Waals surface area (Å²) in [6.45, 7) is 0. The number of carbonyl (C=O) groups is 1. The Morgan fingerprint density at radius 2 is 1.92 bits per heavy atom. The van der Waals surface area contributed by atoms with Crippen LogP contribution in [0, 0.1) is 0 Å². The molecule has 0 unspecified atom stereocenters. The SMILES string of the molecule is COc1ccc(-c2nc(SCc3ccc(C(N)=O)cc3)n[nH]2)c(OC)c1. The Labute approximate surface area is 154 Å². The number of nitrogens with zero attached hydrogens (tertiary/aromatic N) is 2. The van der Waals surface area contributed by atoms with Gasteiger partial charge in [-0.1, -0.05) is 23.9 Å². The maximum absolute atomic E-state index is 11.1. The highest BCUT2D eigenvalue weighted by atomic mass is 32.2. The van der Waals surface area contributed by atoms with Crippen molar-refractivity contribution in [3.63, 3.8) is 0 Å². The highest BCUT2D eigenvalue weighted by Crippen LogP contribution is 2.32. The Kier molecular flexibility index (Phi) is 5.43. The van der Waals surface area contributed by atoms with Gasteiger partial charge >= 0.3 is 0 Å². The van der Waals surface area contributed by atoms with Crippen molar-refractivity contribution in [1.29, 1.82) is 0 Å². The van der Waals surface area contributed by atoms with E-state index in [1.54, 1.807) is 32.4 Å². The van der Waals surface area contributed by atoms with E-state index in [-0.39, 0.29) is 0 Å². The predicted molar refractivity (Wildman–Crippen MR) is 99.4 cm³/mol. The Morgan fingerprint density at radius 1 is 1.15 bits per heavy atom. The minimum absolute atomic E-state index is 0.434. The van der Waals surface area contributed by atoms with Gasteiger partial charge < -0.3 is 15.2 Å². The third-order valence-corrected chi connectivity index (χ3v) is 4.65. The fourth-order valence-electron chi connectivity index (χ4n) is 2.34. The molecule has 3 N–H and O–H groups in total. The Morgan fingerprint density at radius 3 is 2.58 bits per heavy atom. The van der Waals surface area contributed by atoms with Gasteiger partial charge in [-0.15, -0.1) is 5.10 Å². The van der Waals surface area contributed by atoms with Gasteiger partial charge in [0.1, 0.15) is 11.5 Å². The summed E-state index contributed by atoms with van der Waals surface area (Å²) in [4.78, 5) is 15.6. The zero-order valence-electron chi connectivity index (χ0n) is 14.4. The zero-order chi connectivity index (χ0) is 18.5. The average molecular weight is 370 g/mol. The number of carbonyl (C=O) groups excluding carboxylic acids is 1. The van der Waals surface area contributed by atoms with Crippen molar-refractivity contribution in [2.75, 3.05) is 14.2 Å². The van der Waals surface area contributed by atoms with Gasteiger partial charge in [0.05, 0.1) is 19.8 Å². The molecular formula is C18H18N4O3S. The van der Waals surface area contributed by atoms with Crippen molar-refractivity contribution in [3.05, 3.63) is 53.6 Å². The minimum Gasteiger partial charge on any atom is -0.497 e. The first-order chi connectivity index (χ1) is 12.6. The summed E-state index contributed by atoms with van der Waals surface area (Å²) < 4.78 is 10.6. The summed E-state index contributed by atoms with van der Waals surface area (Å²) in [7, 11) is 3.20. The number of hydrogen-bond acceptors (Lipinski definition) is 6. The molecule has 0 saturated carbocycles. The van der Waals surface area contributed by atoms with E-state index in [2.05, 4.69) is 15.2 Å². The van der Waals surface area contributed by atoms with Gasteiger partial charge in [-0.2, -0.15) is 0 Å².